The van der Waals surface area contributed by atoms with Crippen LogP contribution in [0.25, 0.3) is 0 Å². The summed E-state index contributed by atoms with van der Waals surface area (Å²) in [6, 6.07) is 10.4. The molecule has 102 valence electrons. The van der Waals surface area contributed by atoms with Crippen LogP contribution in [0.1, 0.15) is 44.6 Å². The normalized spacial score (nSPS) is 38.8. The van der Waals surface area contributed by atoms with Crippen molar-refractivity contribution in [2.75, 3.05) is 0 Å². The molecular formula is C17H22O2. The molecule has 2 heteroatoms. The van der Waals surface area contributed by atoms with Gasteiger partial charge in [0.2, 0.25) is 0 Å². The van der Waals surface area contributed by atoms with Crippen molar-refractivity contribution >= 4 is 5.78 Å². The highest BCUT2D eigenvalue weighted by molar-refractivity contribution is 5.82. The van der Waals surface area contributed by atoms with Gasteiger partial charge < -0.3 is 5.11 Å². The number of fused-ring (bicyclic) bond motifs is 1. The molecule has 2 aliphatic carbocycles. The molecule has 19 heavy (non-hydrogen) atoms. The third-order valence-corrected chi connectivity index (χ3v) is 5.46. The van der Waals surface area contributed by atoms with Crippen LogP contribution in [0.2, 0.25) is 0 Å². The largest absolute Gasteiger partial charge is 0.392 e. The Bertz CT molecular complexity index is 467. The smallest absolute Gasteiger partial charge is 0.136 e. The summed E-state index contributed by atoms with van der Waals surface area (Å²) >= 11 is 0. The quantitative estimate of drug-likeness (QED) is 0.840. The van der Waals surface area contributed by atoms with Crippen LogP contribution in [-0.2, 0) is 10.2 Å². The molecule has 0 aliphatic heterocycles. The number of hydrogen-bond donors (Lipinski definition) is 1. The predicted octanol–water partition coefficient (Wildman–Crippen LogP) is 3.08. The summed E-state index contributed by atoms with van der Waals surface area (Å²) in [4.78, 5) is 12.0. The molecule has 0 radical (unpaired) electrons. The molecule has 0 unspecified atom stereocenters. The number of carbonyl (C=O) groups is 1. The molecule has 0 bridgehead atoms. The van der Waals surface area contributed by atoms with Crippen molar-refractivity contribution < 1.29 is 9.90 Å². The number of hydrogen-bond acceptors (Lipinski definition) is 2. The van der Waals surface area contributed by atoms with Gasteiger partial charge >= 0.3 is 0 Å². The van der Waals surface area contributed by atoms with E-state index in [0.29, 0.717) is 18.1 Å². The highest BCUT2D eigenvalue weighted by Crippen LogP contribution is 2.53. The molecule has 3 rings (SSSR count). The molecule has 1 aromatic carbocycles. The van der Waals surface area contributed by atoms with E-state index < -0.39 is 0 Å². The minimum Gasteiger partial charge on any atom is -0.392 e. The van der Waals surface area contributed by atoms with Crippen LogP contribution in [0, 0.1) is 11.8 Å². The number of aliphatic hydroxyl groups is 1. The maximum atomic E-state index is 12.0. The highest BCUT2D eigenvalue weighted by atomic mass is 16.3. The lowest BCUT2D eigenvalue weighted by molar-refractivity contribution is -0.134. The average Bonchev–Trinajstić information content (AvgIpc) is 2.45. The zero-order chi connectivity index (χ0) is 13.5. The fourth-order valence-corrected chi connectivity index (χ4v) is 4.42. The number of rotatable bonds is 1. The van der Waals surface area contributed by atoms with E-state index in [9.17, 15) is 9.90 Å². The lowest BCUT2D eigenvalue weighted by Crippen LogP contribution is -2.55. The first-order valence-corrected chi connectivity index (χ1v) is 7.42. The Hall–Kier alpha value is -1.15. The first-order chi connectivity index (χ1) is 9.16. The molecule has 1 N–H and O–H groups in total. The van der Waals surface area contributed by atoms with Crippen molar-refractivity contribution in [3.63, 3.8) is 0 Å². The van der Waals surface area contributed by atoms with Crippen LogP contribution in [0.3, 0.4) is 0 Å². The van der Waals surface area contributed by atoms with Gasteiger partial charge in [0, 0.05) is 17.8 Å². The second-order valence-electron chi connectivity index (χ2n) is 6.21. The third kappa shape index (κ3) is 1.85. The van der Waals surface area contributed by atoms with E-state index in [2.05, 4.69) is 19.1 Å². The van der Waals surface area contributed by atoms with E-state index in [0.717, 1.165) is 25.7 Å². The van der Waals surface area contributed by atoms with E-state index in [4.69, 9.17) is 0 Å². The topological polar surface area (TPSA) is 37.3 Å². The van der Waals surface area contributed by atoms with Crippen molar-refractivity contribution in [1.29, 1.82) is 0 Å². The summed E-state index contributed by atoms with van der Waals surface area (Å²) < 4.78 is 0. The molecule has 0 heterocycles. The Morgan fingerprint density at radius 3 is 2.68 bits per heavy atom. The number of carbonyl (C=O) groups excluding carboxylic acids is 1. The van der Waals surface area contributed by atoms with Crippen molar-refractivity contribution in [1.82, 2.24) is 0 Å². The highest BCUT2D eigenvalue weighted by Gasteiger charge is 2.53. The van der Waals surface area contributed by atoms with Crippen molar-refractivity contribution in [3.8, 4) is 0 Å². The van der Waals surface area contributed by atoms with Crippen LogP contribution >= 0.6 is 0 Å². The molecule has 2 aliphatic rings. The lowest BCUT2D eigenvalue weighted by atomic mass is 9.52. The Balaban J connectivity index is 2.09. The molecule has 1 aromatic rings. The second-order valence-corrected chi connectivity index (χ2v) is 6.21. The Morgan fingerprint density at radius 1 is 1.21 bits per heavy atom. The number of aliphatic hydroxyl groups excluding tert-OH is 1. The minimum absolute atomic E-state index is 0.0870. The fraction of sp³-hybridized carbons (Fsp3) is 0.588. The summed E-state index contributed by atoms with van der Waals surface area (Å²) in [6.07, 6.45) is 4.10. The molecule has 0 amide bonds. The van der Waals surface area contributed by atoms with Crippen LogP contribution in [-0.4, -0.2) is 17.0 Å². The van der Waals surface area contributed by atoms with E-state index in [1.54, 1.807) is 0 Å². The average molecular weight is 258 g/mol. The number of ketones is 1. The van der Waals surface area contributed by atoms with Gasteiger partial charge in [-0.15, -0.1) is 0 Å². The van der Waals surface area contributed by atoms with Gasteiger partial charge in [0.15, 0.2) is 0 Å². The monoisotopic (exact) mass is 258 g/mol. The summed E-state index contributed by atoms with van der Waals surface area (Å²) in [5.74, 6) is 0.773. The van der Waals surface area contributed by atoms with Gasteiger partial charge in [-0.2, -0.15) is 0 Å². The zero-order valence-corrected chi connectivity index (χ0v) is 11.5. The van der Waals surface area contributed by atoms with Gasteiger partial charge in [-0.25, -0.2) is 0 Å². The van der Waals surface area contributed by atoms with Gasteiger partial charge in [-0.05, 0) is 30.7 Å². The lowest BCUT2D eigenvalue weighted by Gasteiger charge is -2.53. The van der Waals surface area contributed by atoms with Crippen LogP contribution in [0.4, 0.5) is 0 Å². The molecule has 2 nitrogen and oxygen atoms in total. The summed E-state index contributed by atoms with van der Waals surface area (Å²) in [6.45, 7) is 2.06. The Labute approximate surface area is 114 Å². The third-order valence-electron chi connectivity index (χ3n) is 5.46. The maximum Gasteiger partial charge on any atom is 0.136 e. The van der Waals surface area contributed by atoms with Crippen LogP contribution in [0.5, 0.6) is 0 Å². The number of benzene rings is 1. The van der Waals surface area contributed by atoms with Gasteiger partial charge in [0.05, 0.1) is 6.10 Å². The maximum absolute atomic E-state index is 12.0. The molecular weight excluding hydrogens is 236 g/mol. The molecule has 2 saturated carbocycles. The van der Waals surface area contributed by atoms with Gasteiger partial charge in [0.1, 0.15) is 5.78 Å². The summed E-state index contributed by atoms with van der Waals surface area (Å²) in [5, 5.41) is 10.7. The minimum atomic E-state index is -0.302. The van der Waals surface area contributed by atoms with Gasteiger partial charge in [0.25, 0.3) is 0 Å². The van der Waals surface area contributed by atoms with Crippen LogP contribution < -0.4 is 0 Å². The molecule has 0 saturated heterocycles. The molecule has 0 aromatic heterocycles. The molecule has 2 fully saturated rings. The first-order valence-electron chi connectivity index (χ1n) is 7.42. The first kappa shape index (κ1) is 12.9. The Kier molecular flexibility index (Phi) is 3.22. The standard InChI is InChI=1S/C17H22O2/c1-12-14-8-5-9-16(19)17(14,11-10-15(12)18)13-6-3-2-4-7-13/h2-4,6-7,12,14,16,19H,5,8-11H2,1H3/t12-,14-,16-,17+/m0/s1. The molecule has 4 atom stereocenters. The summed E-state index contributed by atoms with van der Waals surface area (Å²) in [7, 11) is 0. The summed E-state index contributed by atoms with van der Waals surface area (Å²) in [5.41, 5.74) is 1.04. The zero-order valence-electron chi connectivity index (χ0n) is 11.5. The van der Waals surface area contributed by atoms with Crippen LogP contribution in [0.15, 0.2) is 30.3 Å². The van der Waals surface area contributed by atoms with Crippen molar-refractivity contribution in [3.05, 3.63) is 35.9 Å². The predicted molar refractivity (Wildman–Crippen MR) is 74.9 cm³/mol. The van der Waals surface area contributed by atoms with Crippen molar-refractivity contribution in [2.24, 2.45) is 11.8 Å². The van der Waals surface area contributed by atoms with E-state index in [1.165, 1.54) is 5.56 Å². The van der Waals surface area contributed by atoms with Gasteiger partial charge in [-0.3, -0.25) is 4.79 Å². The van der Waals surface area contributed by atoms with E-state index in [1.807, 2.05) is 18.2 Å². The fourth-order valence-electron chi connectivity index (χ4n) is 4.42. The SMILES string of the molecule is C[C@@H]1C(=O)CC[C@]2(c3ccccc3)[C@@H](O)CCC[C@@H]12. The van der Waals surface area contributed by atoms with Gasteiger partial charge in [-0.1, -0.05) is 43.7 Å². The number of Topliss-reactive ketones (excluding diaryl/α,β-unsaturated/α-hetero) is 1. The van der Waals surface area contributed by atoms with Crippen molar-refractivity contribution in [2.45, 2.75) is 50.5 Å². The Morgan fingerprint density at radius 2 is 1.95 bits per heavy atom. The second kappa shape index (κ2) is 4.75. The van der Waals surface area contributed by atoms with E-state index >= 15 is 0 Å². The van der Waals surface area contributed by atoms with E-state index in [-0.39, 0.29) is 17.4 Å². The molecule has 0 spiro atoms.